The summed E-state index contributed by atoms with van der Waals surface area (Å²) in [6.45, 7) is 5.62. The van der Waals surface area contributed by atoms with Gasteiger partial charge in [-0.2, -0.15) is 0 Å². The number of esters is 1. The molecule has 400 valence electrons. The Hall–Kier alpha value is -2.64. The molecular weight excluding hydrogens is 871 g/mol. The van der Waals surface area contributed by atoms with Gasteiger partial charge in [0.1, 0.15) is 24.4 Å². The molecule has 11 heteroatoms. The molecule has 1 fully saturated rings. The zero-order valence-electron chi connectivity index (χ0n) is 43.9. The number of aliphatic hydroxyl groups excluding tert-OH is 5. The van der Waals surface area contributed by atoms with E-state index in [9.17, 15) is 35.1 Å². The van der Waals surface area contributed by atoms with Crippen molar-refractivity contribution in [2.24, 2.45) is 0 Å². The van der Waals surface area contributed by atoms with Crippen LogP contribution in [0.5, 0.6) is 0 Å². The number of hydrogen-bond donors (Lipinski definition) is 6. The van der Waals surface area contributed by atoms with E-state index in [4.69, 9.17) is 14.2 Å². The van der Waals surface area contributed by atoms with Crippen LogP contribution in [0.2, 0.25) is 0 Å². The summed E-state index contributed by atoms with van der Waals surface area (Å²) in [5.74, 6) is -1.22. The first-order chi connectivity index (χ1) is 33.7. The van der Waals surface area contributed by atoms with Gasteiger partial charge in [0.15, 0.2) is 12.4 Å². The van der Waals surface area contributed by atoms with Crippen molar-refractivity contribution in [3.8, 4) is 0 Å². The minimum atomic E-state index is -1.62. The smallest absolute Gasteiger partial charge is 0.306 e. The number of unbranched alkanes of at least 4 members (excludes halogenated alkanes) is 25. The van der Waals surface area contributed by atoms with E-state index in [0.29, 0.717) is 12.8 Å². The third kappa shape index (κ3) is 35.2. The van der Waals surface area contributed by atoms with Crippen LogP contribution in [0.4, 0.5) is 0 Å². The zero-order chi connectivity index (χ0) is 50.4. The fourth-order valence-electron chi connectivity index (χ4n) is 8.44. The number of carbonyl (C=O) groups is 2. The Bertz CT molecular complexity index is 1350. The average molecular weight is 974 g/mol. The van der Waals surface area contributed by atoms with Gasteiger partial charge in [-0.25, -0.2) is 0 Å². The Morgan fingerprint density at radius 2 is 1.09 bits per heavy atom. The normalized spacial score (nSPS) is 20.3. The number of aliphatic hydroxyl groups is 5. The summed E-state index contributed by atoms with van der Waals surface area (Å²) in [6, 6.07) is -1.03. The standard InChI is InChI=1S/C58H103NO10/c1-4-7-10-13-16-19-22-25-26-28-31-34-37-40-43-46-53(63)69-56-55(65)54(64)52(47-60)68-58(56)67-48-49(50(61)44-41-38-35-32-29-24-21-18-15-12-9-6-3)59-57(66)51(62)45-42-39-36-33-30-27-23-20-17-14-11-8-5-2/h8,11,16-17,19-20,22,25,41,44,49-52,54-56,58,60-62,64-65H,4-7,9-10,12-15,18,21,23-24,26-40,42-43,45-48H2,1-3H3,(H,59,66)/b11-8+,19-16+,20-17+,25-22+,44-41+. The molecule has 8 unspecified atom stereocenters. The molecular formula is C58H103NO10. The van der Waals surface area contributed by atoms with Crippen molar-refractivity contribution >= 4 is 11.9 Å². The van der Waals surface area contributed by atoms with Gasteiger partial charge in [0.05, 0.1) is 25.4 Å². The van der Waals surface area contributed by atoms with Gasteiger partial charge in [0.25, 0.3) is 0 Å². The third-order valence-corrected chi connectivity index (χ3v) is 12.9. The molecule has 69 heavy (non-hydrogen) atoms. The van der Waals surface area contributed by atoms with E-state index in [1.165, 1.54) is 70.6 Å². The molecule has 0 spiro atoms. The van der Waals surface area contributed by atoms with Crippen LogP contribution in [-0.2, 0) is 23.8 Å². The Morgan fingerprint density at radius 1 is 0.594 bits per heavy atom. The lowest BCUT2D eigenvalue weighted by Gasteiger charge is -2.41. The summed E-state index contributed by atoms with van der Waals surface area (Å²) in [4.78, 5) is 26.4. The van der Waals surface area contributed by atoms with Gasteiger partial charge < -0.3 is 45.1 Å². The lowest BCUT2D eigenvalue weighted by atomic mass is 9.99. The van der Waals surface area contributed by atoms with Crippen LogP contribution in [0.3, 0.4) is 0 Å². The molecule has 1 heterocycles. The highest BCUT2D eigenvalue weighted by Crippen LogP contribution is 2.26. The monoisotopic (exact) mass is 974 g/mol. The molecule has 1 saturated heterocycles. The van der Waals surface area contributed by atoms with Gasteiger partial charge in [-0.1, -0.05) is 210 Å². The molecule has 11 nitrogen and oxygen atoms in total. The first-order valence-corrected chi connectivity index (χ1v) is 28.1. The molecule has 8 atom stereocenters. The van der Waals surface area contributed by atoms with Gasteiger partial charge in [-0.3, -0.25) is 9.59 Å². The second-order valence-corrected chi connectivity index (χ2v) is 19.3. The summed E-state index contributed by atoms with van der Waals surface area (Å²) in [6.07, 6.45) is 45.5. The van der Waals surface area contributed by atoms with Crippen molar-refractivity contribution in [1.29, 1.82) is 0 Å². The largest absolute Gasteiger partial charge is 0.454 e. The minimum Gasteiger partial charge on any atom is -0.454 e. The Balaban J connectivity index is 2.76. The predicted molar refractivity (Wildman–Crippen MR) is 283 cm³/mol. The van der Waals surface area contributed by atoms with Crippen molar-refractivity contribution in [2.45, 2.75) is 282 Å². The molecule has 1 amide bonds. The number of allylic oxidation sites excluding steroid dienone is 9. The topological polar surface area (TPSA) is 175 Å². The molecule has 6 N–H and O–H groups in total. The number of ether oxygens (including phenoxy) is 3. The second kappa shape index (κ2) is 46.4. The maximum atomic E-state index is 13.3. The van der Waals surface area contributed by atoms with Gasteiger partial charge in [-0.15, -0.1) is 0 Å². The van der Waals surface area contributed by atoms with E-state index >= 15 is 0 Å². The first-order valence-electron chi connectivity index (χ1n) is 28.1. The number of hydrogen-bond acceptors (Lipinski definition) is 10. The maximum Gasteiger partial charge on any atom is 0.306 e. The highest BCUT2D eigenvalue weighted by Gasteiger charge is 2.47. The molecule has 0 aromatic rings. The summed E-state index contributed by atoms with van der Waals surface area (Å²) in [5.41, 5.74) is 0. The summed E-state index contributed by atoms with van der Waals surface area (Å²) in [7, 11) is 0. The van der Waals surface area contributed by atoms with E-state index < -0.39 is 67.4 Å². The fourth-order valence-corrected chi connectivity index (χ4v) is 8.44. The highest BCUT2D eigenvalue weighted by molar-refractivity contribution is 5.80. The van der Waals surface area contributed by atoms with Crippen LogP contribution in [0.25, 0.3) is 0 Å². The Labute approximate surface area is 420 Å². The van der Waals surface area contributed by atoms with Crippen molar-refractivity contribution in [3.05, 3.63) is 60.8 Å². The lowest BCUT2D eigenvalue weighted by Crippen LogP contribution is -2.61. The van der Waals surface area contributed by atoms with Crippen LogP contribution in [0, 0.1) is 0 Å². The first kappa shape index (κ1) is 64.4. The molecule has 0 aliphatic carbocycles. The van der Waals surface area contributed by atoms with E-state index in [2.05, 4.69) is 74.7 Å². The predicted octanol–water partition coefficient (Wildman–Crippen LogP) is 12.3. The molecule has 0 radical (unpaired) electrons. The molecule has 1 aliphatic rings. The van der Waals surface area contributed by atoms with E-state index in [0.717, 1.165) is 116 Å². The highest BCUT2D eigenvalue weighted by atomic mass is 16.7. The summed E-state index contributed by atoms with van der Waals surface area (Å²) >= 11 is 0. The lowest BCUT2D eigenvalue weighted by molar-refractivity contribution is -0.305. The van der Waals surface area contributed by atoms with E-state index in [-0.39, 0.29) is 19.4 Å². The molecule has 0 aromatic heterocycles. The minimum absolute atomic E-state index is 0.108. The van der Waals surface area contributed by atoms with E-state index in [1.54, 1.807) is 6.08 Å². The molecule has 0 bridgehead atoms. The van der Waals surface area contributed by atoms with Crippen LogP contribution in [0.1, 0.15) is 233 Å². The van der Waals surface area contributed by atoms with Crippen molar-refractivity contribution in [3.63, 3.8) is 0 Å². The van der Waals surface area contributed by atoms with Gasteiger partial charge >= 0.3 is 5.97 Å². The number of nitrogens with one attached hydrogen (secondary N) is 1. The summed E-state index contributed by atoms with van der Waals surface area (Å²) in [5, 5.41) is 56.7. The quantitative estimate of drug-likeness (QED) is 0.0149. The Kier molecular flexibility index (Phi) is 43.3. The molecule has 0 aromatic carbocycles. The van der Waals surface area contributed by atoms with Crippen molar-refractivity contribution in [2.75, 3.05) is 13.2 Å². The maximum absolute atomic E-state index is 13.3. The van der Waals surface area contributed by atoms with Gasteiger partial charge in [0.2, 0.25) is 5.91 Å². The fraction of sp³-hybridized carbons (Fsp3) is 0.793. The SMILES string of the molecule is CC/C=C/C/C=C/CCCCCCCCC(O)C(=O)NC(COC1OC(CO)C(O)C(O)C1OC(=O)CCCCCCCC/C=C/C=C/CCCCC)C(O)/C=C/CCCCCCCCCCCC. The van der Waals surface area contributed by atoms with Crippen molar-refractivity contribution in [1.82, 2.24) is 5.32 Å². The van der Waals surface area contributed by atoms with Crippen LogP contribution >= 0.6 is 0 Å². The molecule has 0 saturated carbocycles. The summed E-state index contributed by atoms with van der Waals surface area (Å²) < 4.78 is 17.5. The average Bonchev–Trinajstić information content (AvgIpc) is 3.34. The second-order valence-electron chi connectivity index (χ2n) is 19.3. The van der Waals surface area contributed by atoms with Gasteiger partial charge in [0, 0.05) is 6.42 Å². The van der Waals surface area contributed by atoms with Gasteiger partial charge in [-0.05, 0) is 77.0 Å². The zero-order valence-corrected chi connectivity index (χ0v) is 43.9. The van der Waals surface area contributed by atoms with Crippen LogP contribution in [-0.4, -0.2) is 99.6 Å². The van der Waals surface area contributed by atoms with Crippen LogP contribution < -0.4 is 5.32 Å². The molecule has 1 rings (SSSR count). The molecule has 1 aliphatic heterocycles. The van der Waals surface area contributed by atoms with E-state index in [1.807, 2.05) is 6.08 Å². The third-order valence-electron chi connectivity index (χ3n) is 12.9. The van der Waals surface area contributed by atoms with Crippen LogP contribution in [0.15, 0.2) is 60.8 Å². The number of carbonyl (C=O) groups excluding carboxylic acids is 2. The number of rotatable bonds is 46. The number of amides is 1. The van der Waals surface area contributed by atoms with Crippen molar-refractivity contribution < 1.29 is 49.3 Å². The Morgan fingerprint density at radius 3 is 1.67 bits per heavy atom.